The number of fused-ring (bicyclic) bond motifs is 1. The number of aromatic nitrogens is 2. The van der Waals surface area contributed by atoms with Crippen molar-refractivity contribution >= 4 is 5.97 Å². The molecule has 0 spiro atoms. The molecule has 1 saturated carbocycles. The lowest BCUT2D eigenvalue weighted by atomic mass is 9.70. The van der Waals surface area contributed by atoms with Gasteiger partial charge in [-0.15, -0.1) is 0 Å². The third kappa shape index (κ3) is 2.71. The maximum absolute atomic E-state index is 11.3. The van der Waals surface area contributed by atoms with Crippen LogP contribution in [0.15, 0.2) is 53.7 Å². The summed E-state index contributed by atoms with van der Waals surface area (Å²) in [7, 11) is 0. The highest BCUT2D eigenvalue weighted by molar-refractivity contribution is 5.70. The third-order valence-corrected chi connectivity index (χ3v) is 4.57. The monoisotopic (exact) mass is 284 g/mol. The van der Waals surface area contributed by atoms with E-state index in [2.05, 4.69) is 23.2 Å². The highest BCUT2D eigenvalue weighted by Gasteiger charge is 2.34. The van der Waals surface area contributed by atoms with E-state index in [-0.39, 0.29) is 11.8 Å². The van der Waals surface area contributed by atoms with Crippen LogP contribution in [0.25, 0.3) is 0 Å². The van der Waals surface area contributed by atoms with Crippen LogP contribution in [0.3, 0.4) is 0 Å². The van der Waals surface area contributed by atoms with E-state index in [9.17, 15) is 9.90 Å². The second-order valence-corrected chi connectivity index (χ2v) is 5.77. The van der Waals surface area contributed by atoms with Crippen molar-refractivity contribution < 1.29 is 9.90 Å². The van der Waals surface area contributed by atoms with Crippen molar-refractivity contribution in [3.8, 4) is 0 Å². The number of hydrogen-bond donors (Lipinski definition) is 1. The standard InChI is InChI=1S/C17H20N2O2/c1-2-15-14(10-19-8-7-18-11-19)6-4-12-3-5-13(17(20)21)9-16(12)15/h2,4,6-8,11,13,16H,3,5,9-10H2,1H3,(H,20,21). The van der Waals surface area contributed by atoms with Crippen molar-refractivity contribution in [2.45, 2.75) is 32.7 Å². The molecule has 0 aliphatic heterocycles. The quantitative estimate of drug-likeness (QED) is 0.927. The van der Waals surface area contributed by atoms with E-state index in [4.69, 9.17) is 0 Å². The molecule has 1 heterocycles. The van der Waals surface area contributed by atoms with Crippen LogP contribution in [0, 0.1) is 11.8 Å². The van der Waals surface area contributed by atoms with E-state index < -0.39 is 5.97 Å². The molecule has 21 heavy (non-hydrogen) atoms. The Kier molecular flexibility index (Phi) is 3.78. The number of allylic oxidation sites excluding steroid dienone is 6. The molecule has 110 valence electrons. The van der Waals surface area contributed by atoms with Gasteiger partial charge in [-0.1, -0.05) is 23.8 Å². The Morgan fingerprint density at radius 3 is 3.05 bits per heavy atom. The minimum absolute atomic E-state index is 0.213. The minimum atomic E-state index is -0.657. The number of hydrogen-bond acceptors (Lipinski definition) is 2. The van der Waals surface area contributed by atoms with Gasteiger partial charge >= 0.3 is 5.97 Å². The molecule has 1 fully saturated rings. The topological polar surface area (TPSA) is 55.1 Å². The average molecular weight is 284 g/mol. The van der Waals surface area contributed by atoms with Gasteiger partial charge in [0, 0.05) is 24.9 Å². The van der Waals surface area contributed by atoms with Crippen molar-refractivity contribution in [2.75, 3.05) is 0 Å². The van der Waals surface area contributed by atoms with Crippen LogP contribution in [0.4, 0.5) is 0 Å². The maximum atomic E-state index is 11.3. The van der Waals surface area contributed by atoms with Gasteiger partial charge in [0.2, 0.25) is 0 Å². The lowest BCUT2D eigenvalue weighted by Gasteiger charge is -2.34. The molecular weight excluding hydrogens is 264 g/mol. The van der Waals surface area contributed by atoms with Crippen LogP contribution in [-0.4, -0.2) is 20.6 Å². The van der Waals surface area contributed by atoms with Crippen LogP contribution in [-0.2, 0) is 11.3 Å². The van der Waals surface area contributed by atoms with E-state index in [0.717, 1.165) is 25.8 Å². The molecule has 3 rings (SSSR count). The summed E-state index contributed by atoms with van der Waals surface area (Å²) in [6.07, 6.45) is 14.5. The predicted octanol–water partition coefficient (Wildman–Crippen LogP) is 3.20. The van der Waals surface area contributed by atoms with Gasteiger partial charge in [-0.05, 0) is 37.3 Å². The number of imidazole rings is 1. The summed E-state index contributed by atoms with van der Waals surface area (Å²) in [5.74, 6) is -0.599. The van der Waals surface area contributed by atoms with Crippen LogP contribution in [0.5, 0.6) is 0 Å². The molecule has 0 aromatic carbocycles. The average Bonchev–Trinajstić information content (AvgIpc) is 2.99. The smallest absolute Gasteiger partial charge is 0.306 e. The van der Waals surface area contributed by atoms with E-state index in [1.807, 2.05) is 24.0 Å². The zero-order valence-electron chi connectivity index (χ0n) is 12.2. The van der Waals surface area contributed by atoms with Gasteiger partial charge in [-0.2, -0.15) is 0 Å². The molecule has 2 aliphatic carbocycles. The Bertz CT molecular complexity index is 623. The number of rotatable bonds is 3. The van der Waals surface area contributed by atoms with Gasteiger partial charge in [-0.25, -0.2) is 4.98 Å². The van der Waals surface area contributed by atoms with Gasteiger partial charge in [0.15, 0.2) is 0 Å². The molecular formula is C17H20N2O2. The minimum Gasteiger partial charge on any atom is -0.481 e. The summed E-state index contributed by atoms with van der Waals surface area (Å²) in [4.78, 5) is 15.4. The van der Waals surface area contributed by atoms with Gasteiger partial charge in [0.05, 0.1) is 12.2 Å². The zero-order valence-corrected chi connectivity index (χ0v) is 12.2. The number of carbonyl (C=O) groups is 1. The van der Waals surface area contributed by atoms with Crippen molar-refractivity contribution in [3.63, 3.8) is 0 Å². The Hall–Kier alpha value is -2.10. The number of carboxylic acids is 1. The third-order valence-electron chi connectivity index (χ3n) is 4.57. The predicted molar refractivity (Wildman–Crippen MR) is 80.6 cm³/mol. The first-order valence-corrected chi connectivity index (χ1v) is 7.43. The molecule has 0 amide bonds. The van der Waals surface area contributed by atoms with Crippen molar-refractivity contribution in [1.82, 2.24) is 9.55 Å². The van der Waals surface area contributed by atoms with E-state index >= 15 is 0 Å². The van der Waals surface area contributed by atoms with Gasteiger partial charge in [0.1, 0.15) is 0 Å². The second-order valence-electron chi connectivity index (χ2n) is 5.77. The summed E-state index contributed by atoms with van der Waals surface area (Å²) in [5, 5.41) is 9.29. The first kappa shape index (κ1) is 13.9. The van der Waals surface area contributed by atoms with Crippen LogP contribution in [0.1, 0.15) is 26.2 Å². The van der Waals surface area contributed by atoms with Crippen LogP contribution >= 0.6 is 0 Å². The van der Waals surface area contributed by atoms with Crippen molar-refractivity contribution in [1.29, 1.82) is 0 Å². The number of aliphatic carboxylic acids is 1. The SMILES string of the molecule is CC=C1C(Cn2ccnc2)=CC=C2CCC(C(=O)O)CC21. The Morgan fingerprint density at radius 2 is 2.38 bits per heavy atom. The Labute approximate surface area is 124 Å². The van der Waals surface area contributed by atoms with E-state index in [1.165, 1.54) is 16.7 Å². The van der Waals surface area contributed by atoms with Gasteiger partial charge < -0.3 is 9.67 Å². The molecule has 0 bridgehead atoms. The summed E-state index contributed by atoms with van der Waals surface area (Å²) in [5.41, 5.74) is 3.93. The molecule has 1 aromatic rings. The zero-order chi connectivity index (χ0) is 14.8. The molecule has 0 radical (unpaired) electrons. The summed E-state index contributed by atoms with van der Waals surface area (Å²) in [6, 6.07) is 0. The first-order chi connectivity index (χ1) is 10.2. The lowest BCUT2D eigenvalue weighted by molar-refractivity contribution is -0.142. The highest BCUT2D eigenvalue weighted by atomic mass is 16.4. The molecule has 0 saturated heterocycles. The molecule has 1 aromatic heterocycles. The summed E-state index contributed by atoms with van der Waals surface area (Å²) >= 11 is 0. The van der Waals surface area contributed by atoms with E-state index in [0.29, 0.717) is 0 Å². The van der Waals surface area contributed by atoms with Gasteiger partial charge in [0.25, 0.3) is 0 Å². The van der Waals surface area contributed by atoms with Crippen LogP contribution < -0.4 is 0 Å². The summed E-state index contributed by atoms with van der Waals surface area (Å²) in [6.45, 7) is 2.84. The summed E-state index contributed by atoms with van der Waals surface area (Å²) < 4.78 is 2.05. The highest BCUT2D eigenvalue weighted by Crippen LogP contribution is 2.43. The maximum Gasteiger partial charge on any atom is 0.306 e. The fourth-order valence-corrected chi connectivity index (χ4v) is 3.45. The Morgan fingerprint density at radius 1 is 1.52 bits per heavy atom. The fraction of sp³-hybridized carbons (Fsp3) is 0.412. The lowest BCUT2D eigenvalue weighted by Crippen LogP contribution is -2.27. The van der Waals surface area contributed by atoms with E-state index in [1.54, 1.807) is 6.20 Å². The van der Waals surface area contributed by atoms with Gasteiger partial charge in [-0.3, -0.25) is 4.79 Å². The first-order valence-electron chi connectivity index (χ1n) is 7.43. The normalized spacial score (nSPS) is 27.0. The second kappa shape index (κ2) is 5.72. The fourth-order valence-electron chi connectivity index (χ4n) is 3.45. The number of carboxylic acid groups (broad SMARTS) is 1. The van der Waals surface area contributed by atoms with Crippen molar-refractivity contribution in [3.05, 3.63) is 53.7 Å². The molecule has 1 N–H and O–H groups in total. The molecule has 4 heteroatoms. The van der Waals surface area contributed by atoms with Crippen LogP contribution in [0.2, 0.25) is 0 Å². The molecule has 2 atom stereocenters. The Balaban J connectivity index is 1.85. The molecule has 2 unspecified atom stereocenters. The number of nitrogens with zero attached hydrogens (tertiary/aromatic N) is 2. The molecule has 2 aliphatic rings. The van der Waals surface area contributed by atoms with Crippen molar-refractivity contribution in [2.24, 2.45) is 11.8 Å². The largest absolute Gasteiger partial charge is 0.481 e. The molecule has 4 nitrogen and oxygen atoms in total.